The maximum atomic E-state index is 13.3. The molecule has 0 spiro atoms. The summed E-state index contributed by atoms with van der Waals surface area (Å²) in [5.74, 6) is -0.443. The molecule has 3 rings (SSSR count). The molecule has 3 amide bonds. The summed E-state index contributed by atoms with van der Waals surface area (Å²) in [4.78, 5) is 44.6. The summed E-state index contributed by atoms with van der Waals surface area (Å²) < 4.78 is 0. The van der Waals surface area contributed by atoms with E-state index in [-0.39, 0.29) is 30.6 Å². The third kappa shape index (κ3) is 3.70. The van der Waals surface area contributed by atoms with Gasteiger partial charge in [0.2, 0.25) is 17.7 Å². The summed E-state index contributed by atoms with van der Waals surface area (Å²) in [6.45, 7) is 10.4. The number of likely N-dealkylation sites (N-methyl/N-ethyl adjacent to an activating group) is 1. The molecule has 6 heteroatoms. The quantitative estimate of drug-likeness (QED) is 0.703. The van der Waals surface area contributed by atoms with Gasteiger partial charge in [0.15, 0.2) is 0 Å². The number of benzene rings is 1. The number of imide groups is 1. The minimum Gasteiger partial charge on any atom is -0.340 e. The Morgan fingerprint density at radius 2 is 1.75 bits per heavy atom. The van der Waals surface area contributed by atoms with Gasteiger partial charge in [-0.15, -0.1) is 0 Å². The van der Waals surface area contributed by atoms with Crippen LogP contribution in [0, 0.1) is 6.92 Å². The van der Waals surface area contributed by atoms with Crippen LogP contribution in [0.5, 0.6) is 0 Å². The van der Waals surface area contributed by atoms with Crippen molar-refractivity contribution in [3.8, 4) is 0 Å². The van der Waals surface area contributed by atoms with Gasteiger partial charge in [-0.25, -0.2) is 0 Å². The first-order chi connectivity index (χ1) is 13.4. The lowest BCUT2D eigenvalue weighted by atomic mass is 9.74. The lowest BCUT2D eigenvalue weighted by Crippen LogP contribution is -2.51. The Balaban J connectivity index is 1.86. The Hall–Kier alpha value is -2.21. The summed E-state index contributed by atoms with van der Waals surface area (Å²) in [5, 5.41) is 0. The number of carbonyl (C=O) groups is 3. The third-order valence-electron chi connectivity index (χ3n) is 6.10. The molecule has 6 nitrogen and oxygen atoms in total. The van der Waals surface area contributed by atoms with Gasteiger partial charge in [0.25, 0.3) is 0 Å². The zero-order chi connectivity index (χ0) is 20.3. The Labute approximate surface area is 167 Å². The third-order valence-corrected chi connectivity index (χ3v) is 6.10. The average Bonchev–Trinajstić information content (AvgIpc) is 2.92. The molecule has 1 aromatic carbocycles. The zero-order valence-corrected chi connectivity index (χ0v) is 17.2. The predicted octanol–water partition coefficient (Wildman–Crippen LogP) is 1.96. The number of hydrogen-bond acceptors (Lipinski definition) is 4. The van der Waals surface area contributed by atoms with E-state index in [4.69, 9.17) is 0 Å². The van der Waals surface area contributed by atoms with E-state index >= 15 is 0 Å². The van der Waals surface area contributed by atoms with Gasteiger partial charge in [-0.1, -0.05) is 31.2 Å². The fraction of sp³-hybridized carbons (Fsp3) is 0.591. The fourth-order valence-corrected chi connectivity index (χ4v) is 4.58. The highest BCUT2D eigenvalue weighted by molar-refractivity contribution is 6.10. The molecule has 0 aliphatic carbocycles. The molecule has 0 saturated carbocycles. The number of nitrogens with zero attached hydrogens (tertiary/aromatic N) is 3. The van der Waals surface area contributed by atoms with E-state index in [0.717, 1.165) is 37.2 Å². The highest BCUT2D eigenvalue weighted by atomic mass is 16.2. The van der Waals surface area contributed by atoms with Gasteiger partial charge in [0.1, 0.15) is 0 Å². The standard InChI is InChI=1S/C22H31N3O3/c1-4-10-23-11-13-24(14-12-23)19(26)15-22(18-9-7-6-8-17(18)3)16-20(27)25(5-2)21(22)28/h6-9H,4-5,10-16H2,1-3H3/t22-/m0/s1. The Bertz CT molecular complexity index is 755. The number of hydrogen-bond donors (Lipinski definition) is 0. The van der Waals surface area contributed by atoms with E-state index in [9.17, 15) is 14.4 Å². The van der Waals surface area contributed by atoms with Crippen LogP contribution in [0.15, 0.2) is 24.3 Å². The van der Waals surface area contributed by atoms with Crippen molar-refractivity contribution in [2.24, 2.45) is 0 Å². The summed E-state index contributed by atoms with van der Waals surface area (Å²) >= 11 is 0. The molecule has 2 heterocycles. The molecule has 0 N–H and O–H groups in total. The number of likely N-dealkylation sites (tertiary alicyclic amines) is 1. The van der Waals surface area contributed by atoms with Gasteiger partial charge in [-0.3, -0.25) is 24.2 Å². The first-order valence-electron chi connectivity index (χ1n) is 10.3. The molecule has 2 aliphatic heterocycles. The normalized spacial score (nSPS) is 23.5. The molecule has 2 fully saturated rings. The van der Waals surface area contributed by atoms with Gasteiger partial charge in [0.05, 0.1) is 5.41 Å². The second kappa shape index (κ2) is 8.43. The van der Waals surface area contributed by atoms with Crippen LogP contribution in [-0.4, -0.2) is 71.7 Å². The molecule has 0 bridgehead atoms. The van der Waals surface area contributed by atoms with E-state index < -0.39 is 5.41 Å². The highest BCUT2D eigenvalue weighted by Gasteiger charge is 2.54. The molecule has 2 saturated heterocycles. The van der Waals surface area contributed by atoms with Crippen molar-refractivity contribution in [3.05, 3.63) is 35.4 Å². The van der Waals surface area contributed by atoms with Crippen molar-refractivity contribution >= 4 is 17.7 Å². The van der Waals surface area contributed by atoms with Crippen LogP contribution in [0.2, 0.25) is 0 Å². The average molecular weight is 386 g/mol. The van der Waals surface area contributed by atoms with Crippen molar-refractivity contribution in [2.45, 2.75) is 45.4 Å². The minimum absolute atomic E-state index is 0.0292. The zero-order valence-electron chi connectivity index (χ0n) is 17.2. The van der Waals surface area contributed by atoms with E-state index in [1.165, 1.54) is 4.90 Å². The maximum Gasteiger partial charge on any atom is 0.240 e. The van der Waals surface area contributed by atoms with Crippen molar-refractivity contribution in [3.63, 3.8) is 0 Å². The van der Waals surface area contributed by atoms with E-state index in [1.54, 1.807) is 6.92 Å². The number of carbonyl (C=O) groups excluding carboxylic acids is 3. The van der Waals surface area contributed by atoms with Crippen LogP contribution in [0.4, 0.5) is 0 Å². The van der Waals surface area contributed by atoms with Crippen molar-refractivity contribution in [2.75, 3.05) is 39.3 Å². The molecule has 1 aromatic rings. The topological polar surface area (TPSA) is 60.9 Å². The van der Waals surface area contributed by atoms with Crippen LogP contribution < -0.4 is 0 Å². The molecule has 0 radical (unpaired) electrons. The van der Waals surface area contributed by atoms with Gasteiger partial charge in [-0.05, 0) is 37.9 Å². The van der Waals surface area contributed by atoms with Crippen LogP contribution in [0.25, 0.3) is 0 Å². The lowest BCUT2D eigenvalue weighted by Gasteiger charge is -2.37. The molecular formula is C22H31N3O3. The second-order valence-electron chi connectivity index (χ2n) is 7.92. The van der Waals surface area contributed by atoms with Crippen molar-refractivity contribution < 1.29 is 14.4 Å². The van der Waals surface area contributed by atoms with E-state index in [0.29, 0.717) is 19.6 Å². The van der Waals surface area contributed by atoms with Gasteiger partial charge >= 0.3 is 0 Å². The Kier molecular flexibility index (Phi) is 6.18. The fourth-order valence-electron chi connectivity index (χ4n) is 4.58. The molecule has 1 atom stereocenters. The lowest BCUT2D eigenvalue weighted by molar-refractivity contribution is -0.143. The van der Waals surface area contributed by atoms with E-state index in [1.807, 2.05) is 36.1 Å². The SMILES string of the molecule is CCCN1CCN(C(=O)C[C@@]2(c3ccccc3C)CC(=O)N(CC)C2=O)CC1. The summed E-state index contributed by atoms with van der Waals surface area (Å²) in [5.41, 5.74) is 0.681. The van der Waals surface area contributed by atoms with E-state index in [2.05, 4.69) is 11.8 Å². The molecule has 152 valence electrons. The number of amides is 3. The number of rotatable bonds is 6. The Morgan fingerprint density at radius 3 is 2.32 bits per heavy atom. The maximum absolute atomic E-state index is 13.3. The van der Waals surface area contributed by atoms with Crippen LogP contribution in [-0.2, 0) is 19.8 Å². The summed E-state index contributed by atoms with van der Waals surface area (Å²) in [6, 6.07) is 7.63. The molecule has 0 unspecified atom stereocenters. The second-order valence-corrected chi connectivity index (χ2v) is 7.92. The van der Waals surface area contributed by atoms with Crippen molar-refractivity contribution in [1.29, 1.82) is 0 Å². The monoisotopic (exact) mass is 385 g/mol. The summed E-state index contributed by atoms with van der Waals surface area (Å²) in [6.07, 6.45) is 1.24. The first kappa shape index (κ1) is 20.5. The van der Waals surface area contributed by atoms with Crippen LogP contribution >= 0.6 is 0 Å². The molecule has 0 aromatic heterocycles. The van der Waals surface area contributed by atoms with Gasteiger partial charge < -0.3 is 4.90 Å². The summed E-state index contributed by atoms with van der Waals surface area (Å²) in [7, 11) is 0. The van der Waals surface area contributed by atoms with Crippen LogP contribution in [0.1, 0.15) is 44.2 Å². The van der Waals surface area contributed by atoms with Gasteiger partial charge in [-0.2, -0.15) is 0 Å². The first-order valence-corrected chi connectivity index (χ1v) is 10.3. The molecule has 2 aliphatic rings. The number of piperazine rings is 1. The smallest absolute Gasteiger partial charge is 0.240 e. The Morgan fingerprint density at radius 1 is 1.07 bits per heavy atom. The van der Waals surface area contributed by atoms with Gasteiger partial charge in [0, 0.05) is 45.6 Å². The highest BCUT2D eigenvalue weighted by Crippen LogP contribution is 2.41. The predicted molar refractivity (Wildman–Crippen MR) is 108 cm³/mol. The number of aryl methyl sites for hydroxylation is 1. The minimum atomic E-state index is -1.07. The molecular weight excluding hydrogens is 354 g/mol. The van der Waals surface area contributed by atoms with Crippen LogP contribution in [0.3, 0.4) is 0 Å². The molecule has 28 heavy (non-hydrogen) atoms. The van der Waals surface area contributed by atoms with Crippen molar-refractivity contribution in [1.82, 2.24) is 14.7 Å². The largest absolute Gasteiger partial charge is 0.340 e.